The molecule has 0 unspecified atom stereocenters. The van der Waals surface area contributed by atoms with Gasteiger partial charge in [0.25, 0.3) is 0 Å². The molecule has 0 saturated heterocycles. The molecule has 0 radical (unpaired) electrons. The van der Waals surface area contributed by atoms with Crippen LogP contribution in [-0.2, 0) is 5.41 Å². The standard InChI is InChI=1S/C57H45N5S/c1-57(2,3)41-33-48(39-17-6-4-7-18-39)56(49(34-41)40-19-8-5-9-20-40)61-38-60(52-25-12-13-26-53(52)61)42-21-16-22-43(35-42)63-44-28-29-47-50-37-58-32-30-45(50)46-23-10-11-24-51(46)62(54(47)36-44)55-27-14-15-31-59-55/h4-37H,38H2,1-3H3/i4D,5D,6D,7D,8D,9D,17D,18D,19D,20D. The molecule has 0 atom stereocenters. The summed E-state index contributed by atoms with van der Waals surface area (Å²) < 4.78 is 89.1. The molecule has 0 fully saturated rings. The van der Waals surface area contributed by atoms with Crippen LogP contribution >= 0.6 is 11.8 Å². The first-order valence-electron chi connectivity index (χ1n) is 25.7. The second-order valence-corrected chi connectivity index (χ2v) is 17.5. The van der Waals surface area contributed by atoms with E-state index < -0.39 is 65.8 Å². The first kappa shape index (κ1) is 29.0. The molecule has 7 aromatic carbocycles. The minimum Gasteiger partial charge on any atom is -0.321 e. The van der Waals surface area contributed by atoms with Crippen LogP contribution in [0, 0.1) is 0 Å². The van der Waals surface area contributed by atoms with Gasteiger partial charge in [0.05, 0.1) is 42.1 Å². The second kappa shape index (κ2) is 15.8. The van der Waals surface area contributed by atoms with Crippen LogP contribution in [0.15, 0.2) is 216 Å². The minimum atomic E-state index is -0.601. The summed E-state index contributed by atoms with van der Waals surface area (Å²) >= 11 is 1.61. The number of nitrogens with zero attached hydrogens (tertiary/aromatic N) is 5. The largest absolute Gasteiger partial charge is 0.321 e. The van der Waals surface area contributed by atoms with E-state index in [2.05, 4.69) is 63.3 Å². The van der Waals surface area contributed by atoms with Crippen molar-refractivity contribution >= 4 is 51.7 Å². The zero-order valence-electron chi connectivity index (χ0n) is 44.7. The molecule has 11 rings (SSSR count). The van der Waals surface area contributed by atoms with E-state index in [-0.39, 0.29) is 28.9 Å². The van der Waals surface area contributed by atoms with Crippen LogP contribution in [0.1, 0.15) is 40.0 Å². The van der Waals surface area contributed by atoms with Crippen molar-refractivity contribution in [3.63, 3.8) is 0 Å². The molecule has 2 aliphatic heterocycles. The van der Waals surface area contributed by atoms with E-state index in [0.29, 0.717) is 16.9 Å². The Kier molecular flexibility index (Phi) is 7.27. The first-order chi connectivity index (χ1) is 35.0. The maximum Gasteiger partial charge on any atom is 0.137 e. The van der Waals surface area contributed by atoms with Crippen LogP contribution in [0.4, 0.5) is 39.9 Å². The summed E-state index contributed by atoms with van der Waals surface area (Å²) in [5.41, 5.74) is 9.20. The van der Waals surface area contributed by atoms with Gasteiger partial charge in [-0.2, -0.15) is 0 Å². The maximum absolute atomic E-state index is 9.27. The first-order valence-corrected chi connectivity index (χ1v) is 21.5. The summed E-state index contributed by atoms with van der Waals surface area (Å²) in [6.45, 7) is 6.04. The maximum atomic E-state index is 9.27. The topological polar surface area (TPSA) is 35.5 Å². The van der Waals surface area contributed by atoms with Gasteiger partial charge in [0.2, 0.25) is 0 Å². The zero-order valence-corrected chi connectivity index (χ0v) is 35.5. The lowest BCUT2D eigenvalue weighted by Crippen LogP contribution is -2.25. The zero-order chi connectivity index (χ0) is 51.2. The van der Waals surface area contributed by atoms with E-state index >= 15 is 0 Å². The number of hydrogen-bond acceptors (Lipinski definition) is 6. The summed E-state index contributed by atoms with van der Waals surface area (Å²) in [4.78, 5) is 17.6. The molecule has 0 saturated carbocycles. The Bertz CT molecular complexity index is 3590. The predicted molar refractivity (Wildman–Crippen MR) is 263 cm³/mol. The Hall–Kier alpha value is -7.41. The lowest BCUT2D eigenvalue weighted by molar-refractivity contribution is 0.590. The summed E-state index contributed by atoms with van der Waals surface area (Å²) in [7, 11) is 0. The predicted octanol–water partition coefficient (Wildman–Crippen LogP) is 15.6. The number of anilines is 7. The van der Waals surface area contributed by atoms with E-state index in [0.717, 1.165) is 60.6 Å². The molecular weight excluding hydrogens is 787 g/mol. The Morgan fingerprint density at radius 3 is 1.87 bits per heavy atom. The molecule has 6 heteroatoms. The third-order valence-electron chi connectivity index (χ3n) is 11.5. The molecule has 5 nitrogen and oxygen atoms in total. The van der Waals surface area contributed by atoms with Crippen molar-refractivity contribution in [1.82, 2.24) is 9.97 Å². The van der Waals surface area contributed by atoms with Gasteiger partial charge >= 0.3 is 0 Å². The van der Waals surface area contributed by atoms with E-state index in [9.17, 15) is 5.48 Å². The highest BCUT2D eigenvalue weighted by Gasteiger charge is 2.33. The molecule has 4 heterocycles. The molecule has 304 valence electrons. The molecule has 0 aliphatic carbocycles. The third kappa shape index (κ3) is 7.03. The number of fused-ring (bicyclic) bond motifs is 6. The summed E-state index contributed by atoms with van der Waals surface area (Å²) in [5.74, 6) is 0.774. The van der Waals surface area contributed by atoms with Crippen molar-refractivity contribution in [3.05, 3.63) is 212 Å². The average molecular weight is 842 g/mol. The monoisotopic (exact) mass is 841 g/mol. The normalized spacial score (nSPS) is 15.1. The van der Waals surface area contributed by atoms with Crippen LogP contribution < -0.4 is 14.7 Å². The molecule has 2 aromatic heterocycles. The highest BCUT2D eigenvalue weighted by Crippen LogP contribution is 2.53. The van der Waals surface area contributed by atoms with E-state index in [4.69, 9.17) is 13.2 Å². The number of aromatic nitrogens is 2. The number of benzene rings is 7. The Balaban J connectivity index is 1.06. The number of pyridine rings is 2. The molecule has 2 aliphatic rings. The van der Waals surface area contributed by atoms with Gasteiger partial charge in [0, 0.05) is 61.9 Å². The summed E-state index contributed by atoms with van der Waals surface area (Å²) in [5, 5.41) is 0. The van der Waals surface area contributed by atoms with Crippen molar-refractivity contribution in [3.8, 4) is 44.5 Å². The van der Waals surface area contributed by atoms with Gasteiger partial charge in [0.1, 0.15) is 12.5 Å². The number of hydrogen-bond donors (Lipinski definition) is 0. The van der Waals surface area contributed by atoms with Crippen molar-refractivity contribution in [2.75, 3.05) is 21.4 Å². The fourth-order valence-corrected chi connectivity index (χ4v) is 9.48. The molecule has 9 aromatic rings. The lowest BCUT2D eigenvalue weighted by atomic mass is 9.82. The van der Waals surface area contributed by atoms with Gasteiger partial charge in [-0.15, -0.1) is 0 Å². The average Bonchev–Trinajstić information content (AvgIpc) is 3.73. The van der Waals surface area contributed by atoms with Crippen LogP contribution in [-0.4, -0.2) is 16.6 Å². The van der Waals surface area contributed by atoms with E-state index in [1.54, 1.807) is 18.0 Å². The van der Waals surface area contributed by atoms with Gasteiger partial charge in [-0.25, -0.2) is 4.98 Å². The van der Waals surface area contributed by atoms with Gasteiger partial charge in [-0.05, 0) is 107 Å². The number of rotatable bonds is 7. The lowest BCUT2D eigenvalue weighted by Gasteiger charge is -2.30. The van der Waals surface area contributed by atoms with E-state index in [1.807, 2.05) is 117 Å². The highest BCUT2D eigenvalue weighted by molar-refractivity contribution is 7.99. The Morgan fingerprint density at radius 2 is 1.17 bits per heavy atom. The smallest absolute Gasteiger partial charge is 0.137 e. The van der Waals surface area contributed by atoms with Crippen molar-refractivity contribution in [2.24, 2.45) is 0 Å². The number of para-hydroxylation sites is 3. The van der Waals surface area contributed by atoms with Crippen molar-refractivity contribution in [1.29, 1.82) is 0 Å². The fraction of sp³-hybridized carbons (Fsp3) is 0.0877. The molecule has 0 spiro atoms. The molecule has 63 heavy (non-hydrogen) atoms. The minimum absolute atomic E-state index is 0.0688. The third-order valence-corrected chi connectivity index (χ3v) is 12.5. The van der Waals surface area contributed by atoms with Crippen LogP contribution in [0.2, 0.25) is 0 Å². The second-order valence-electron chi connectivity index (χ2n) is 16.4. The Labute approximate surface area is 388 Å². The quantitative estimate of drug-likeness (QED) is 0.159. The van der Waals surface area contributed by atoms with Gasteiger partial charge in [-0.3, -0.25) is 9.88 Å². The van der Waals surface area contributed by atoms with Gasteiger partial charge in [0.15, 0.2) is 0 Å². The Morgan fingerprint density at radius 1 is 0.524 bits per heavy atom. The summed E-state index contributed by atoms with van der Waals surface area (Å²) in [6, 6.07) is 37.4. The van der Waals surface area contributed by atoms with Gasteiger partial charge < -0.3 is 9.80 Å². The van der Waals surface area contributed by atoms with Crippen LogP contribution in [0.3, 0.4) is 0 Å². The molecule has 0 bridgehead atoms. The van der Waals surface area contributed by atoms with Crippen molar-refractivity contribution in [2.45, 2.75) is 36.0 Å². The summed E-state index contributed by atoms with van der Waals surface area (Å²) in [6.07, 6.45) is 5.54. The van der Waals surface area contributed by atoms with E-state index in [1.165, 1.54) is 0 Å². The highest BCUT2D eigenvalue weighted by atomic mass is 32.2. The van der Waals surface area contributed by atoms with Gasteiger partial charge in [-0.1, -0.05) is 141 Å². The van der Waals surface area contributed by atoms with Crippen LogP contribution in [0.5, 0.6) is 0 Å². The SMILES string of the molecule is [2H]c1c([2H])c([2H])c(-c2cc(C(C)(C)C)cc(-c3c([2H])c([2H])c([2H])c([2H])c3[2H])c2N2CN(c3cccc(Sc4ccc5c(c4)N(c4ccccn4)c4ccccc4-c4ccncc4-5)c3)c3ccccc32)c([2H])c1[2H]. The van der Waals surface area contributed by atoms with Crippen molar-refractivity contribution < 1.29 is 13.7 Å². The van der Waals surface area contributed by atoms with Crippen LogP contribution in [0.25, 0.3) is 44.5 Å². The molecular formula is C57H45N5S. The fourth-order valence-electron chi connectivity index (χ4n) is 8.58. The molecule has 0 amide bonds. The molecule has 0 N–H and O–H groups in total.